The van der Waals surface area contributed by atoms with Gasteiger partial charge in [-0.05, 0) is 42.3 Å². The topological polar surface area (TPSA) is 76.4 Å². The molecule has 2 aromatic carbocycles. The van der Waals surface area contributed by atoms with Crippen LogP contribution in [0.3, 0.4) is 0 Å². The van der Waals surface area contributed by atoms with E-state index in [4.69, 9.17) is 4.74 Å². The molecule has 1 saturated heterocycles. The zero-order valence-corrected chi connectivity index (χ0v) is 20.7. The van der Waals surface area contributed by atoms with Crippen LogP contribution in [0.4, 0.5) is 0 Å². The van der Waals surface area contributed by atoms with E-state index in [0.29, 0.717) is 5.82 Å². The summed E-state index contributed by atoms with van der Waals surface area (Å²) in [5, 5.41) is 12.4. The van der Waals surface area contributed by atoms with Crippen LogP contribution in [-0.4, -0.2) is 74.3 Å². The van der Waals surface area contributed by atoms with Crippen molar-refractivity contribution < 1.29 is 9.53 Å². The molecule has 2 heterocycles. The molecule has 0 N–H and O–H groups in total. The second kappa shape index (κ2) is 11.4. The first-order valence-electron chi connectivity index (χ1n) is 12.1. The van der Waals surface area contributed by atoms with Crippen LogP contribution in [0.25, 0.3) is 6.08 Å². The second-order valence-corrected chi connectivity index (χ2v) is 9.74. The molecular weight excluding hydrogens is 440 g/mol. The normalized spacial score (nSPS) is 16.4. The number of ether oxygens (including phenoxy) is 1. The van der Waals surface area contributed by atoms with Crippen LogP contribution < -0.4 is 0 Å². The third-order valence-corrected chi connectivity index (χ3v) is 5.86. The molecule has 0 amide bonds. The molecule has 8 nitrogen and oxygen atoms in total. The summed E-state index contributed by atoms with van der Waals surface area (Å²) in [5.41, 5.74) is 1.76. The second-order valence-electron chi connectivity index (χ2n) is 9.74. The van der Waals surface area contributed by atoms with Crippen LogP contribution in [0.1, 0.15) is 43.8 Å². The summed E-state index contributed by atoms with van der Waals surface area (Å²) < 4.78 is 7.07. The number of benzene rings is 2. The van der Waals surface area contributed by atoms with Gasteiger partial charge in [-0.3, -0.25) is 14.6 Å². The van der Waals surface area contributed by atoms with Crippen molar-refractivity contribution in [2.24, 2.45) is 0 Å². The van der Waals surface area contributed by atoms with Crippen LogP contribution >= 0.6 is 0 Å². The van der Waals surface area contributed by atoms with Crippen LogP contribution in [0.5, 0.6) is 0 Å². The Morgan fingerprint density at radius 3 is 2.31 bits per heavy atom. The molecule has 0 saturated carbocycles. The summed E-state index contributed by atoms with van der Waals surface area (Å²) in [6, 6.07) is 20.4. The van der Waals surface area contributed by atoms with E-state index in [2.05, 4.69) is 73.9 Å². The third kappa shape index (κ3) is 7.07. The van der Waals surface area contributed by atoms with Crippen molar-refractivity contribution in [3.8, 4) is 0 Å². The number of aromatic nitrogens is 4. The van der Waals surface area contributed by atoms with E-state index < -0.39 is 5.60 Å². The van der Waals surface area contributed by atoms with Gasteiger partial charge >= 0.3 is 5.97 Å². The van der Waals surface area contributed by atoms with Gasteiger partial charge in [-0.2, -0.15) is 0 Å². The standard InChI is InChI=1S/C27H34N6O2/c1-27(2,3)35-24(34)21-33-26(28-29-30-33)25(23-14-8-5-9-15-23)32-19-17-31(18-20-32)16-10-13-22-11-6-4-7-12-22/h4-15,25H,16-21H2,1-3H3/t25-/m0/s1. The Bertz CT molecular complexity index is 1100. The first-order chi connectivity index (χ1) is 16.9. The van der Waals surface area contributed by atoms with E-state index in [0.717, 1.165) is 38.3 Å². The number of tetrazole rings is 1. The van der Waals surface area contributed by atoms with Gasteiger partial charge in [0.1, 0.15) is 12.1 Å². The maximum Gasteiger partial charge on any atom is 0.328 e. The Morgan fingerprint density at radius 1 is 1.00 bits per heavy atom. The van der Waals surface area contributed by atoms with Crippen LogP contribution in [0, 0.1) is 0 Å². The van der Waals surface area contributed by atoms with E-state index >= 15 is 0 Å². The first-order valence-corrected chi connectivity index (χ1v) is 12.1. The first kappa shape index (κ1) is 24.8. The fourth-order valence-corrected chi connectivity index (χ4v) is 4.28. The van der Waals surface area contributed by atoms with Crippen molar-refractivity contribution >= 4 is 12.0 Å². The molecule has 1 atom stereocenters. The fourth-order valence-electron chi connectivity index (χ4n) is 4.28. The summed E-state index contributed by atoms with van der Waals surface area (Å²) in [6.07, 6.45) is 4.39. The van der Waals surface area contributed by atoms with Gasteiger partial charge in [-0.25, -0.2) is 4.68 Å². The molecule has 0 bridgehead atoms. The average molecular weight is 475 g/mol. The maximum atomic E-state index is 12.5. The highest BCUT2D eigenvalue weighted by molar-refractivity contribution is 5.69. The molecule has 0 unspecified atom stereocenters. The Labute approximate surface area is 207 Å². The molecule has 3 aromatic rings. The molecule has 1 fully saturated rings. The lowest BCUT2D eigenvalue weighted by atomic mass is 10.0. The minimum atomic E-state index is -0.560. The van der Waals surface area contributed by atoms with E-state index in [1.54, 1.807) is 4.68 Å². The lowest BCUT2D eigenvalue weighted by Crippen LogP contribution is -2.48. The quantitative estimate of drug-likeness (QED) is 0.463. The molecule has 0 radical (unpaired) electrons. The molecule has 8 heteroatoms. The van der Waals surface area contributed by atoms with Gasteiger partial charge in [-0.15, -0.1) is 5.10 Å². The molecular formula is C27H34N6O2. The van der Waals surface area contributed by atoms with Crippen molar-refractivity contribution in [3.05, 3.63) is 83.7 Å². The number of hydrogen-bond acceptors (Lipinski definition) is 7. The third-order valence-electron chi connectivity index (χ3n) is 5.86. The van der Waals surface area contributed by atoms with Gasteiger partial charge in [0.05, 0.1) is 6.04 Å². The Balaban J connectivity index is 1.45. The smallest absolute Gasteiger partial charge is 0.328 e. The molecule has 0 spiro atoms. The van der Waals surface area contributed by atoms with Crippen molar-refractivity contribution in [2.75, 3.05) is 32.7 Å². The lowest BCUT2D eigenvalue weighted by Gasteiger charge is -2.38. The number of rotatable bonds is 8. The van der Waals surface area contributed by atoms with E-state index in [9.17, 15) is 4.79 Å². The molecule has 0 aliphatic carbocycles. The molecule has 1 aliphatic heterocycles. The zero-order valence-electron chi connectivity index (χ0n) is 20.7. The zero-order chi connectivity index (χ0) is 24.7. The Morgan fingerprint density at radius 2 is 1.66 bits per heavy atom. The van der Waals surface area contributed by atoms with Gasteiger partial charge < -0.3 is 4.74 Å². The van der Waals surface area contributed by atoms with Gasteiger partial charge in [0.2, 0.25) is 0 Å². The SMILES string of the molecule is CC(C)(C)OC(=O)Cn1nnnc1[C@H](c1ccccc1)N1CCN(CC=Cc2ccccc2)CC1. The van der Waals surface area contributed by atoms with Crippen molar-refractivity contribution in [3.63, 3.8) is 0 Å². The minimum Gasteiger partial charge on any atom is -0.459 e. The minimum absolute atomic E-state index is 0.0207. The van der Waals surface area contributed by atoms with Crippen LogP contribution in [0.15, 0.2) is 66.7 Å². The number of piperazine rings is 1. The van der Waals surface area contributed by atoms with Crippen LogP contribution in [0.2, 0.25) is 0 Å². The predicted octanol–water partition coefficient (Wildman–Crippen LogP) is 3.44. The molecule has 4 rings (SSSR count). The van der Waals surface area contributed by atoms with Gasteiger partial charge in [-0.1, -0.05) is 72.8 Å². The van der Waals surface area contributed by atoms with Crippen LogP contribution in [-0.2, 0) is 16.1 Å². The Hall–Kier alpha value is -3.36. The van der Waals surface area contributed by atoms with Gasteiger partial charge in [0.25, 0.3) is 0 Å². The van der Waals surface area contributed by atoms with E-state index in [1.165, 1.54) is 5.56 Å². The van der Waals surface area contributed by atoms with Gasteiger partial charge in [0, 0.05) is 32.7 Å². The molecule has 1 aliphatic rings. The van der Waals surface area contributed by atoms with E-state index in [1.807, 2.05) is 45.0 Å². The summed E-state index contributed by atoms with van der Waals surface area (Å²) in [4.78, 5) is 17.3. The summed E-state index contributed by atoms with van der Waals surface area (Å²) in [5.74, 6) is 0.298. The summed E-state index contributed by atoms with van der Waals surface area (Å²) >= 11 is 0. The summed E-state index contributed by atoms with van der Waals surface area (Å²) in [6.45, 7) is 10.1. The number of nitrogens with zero attached hydrogens (tertiary/aromatic N) is 6. The fraction of sp³-hybridized carbons (Fsp3) is 0.407. The van der Waals surface area contributed by atoms with Crippen molar-refractivity contribution in [1.82, 2.24) is 30.0 Å². The van der Waals surface area contributed by atoms with Crippen molar-refractivity contribution in [2.45, 2.75) is 39.0 Å². The molecule has 35 heavy (non-hydrogen) atoms. The maximum absolute atomic E-state index is 12.5. The highest BCUT2D eigenvalue weighted by Crippen LogP contribution is 2.28. The predicted molar refractivity (Wildman–Crippen MR) is 135 cm³/mol. The highest BCUT2D eigenvalue weighted by atomic mass is 16.6. The molecule has 1 aromatic heterocycles. The Kier molecular flexibility index (Phi) is 8.05. The largest absolute Gasteiger partial charge is 0.459 e. The van der Waals surface area contributed by atoms with Crippen molar-refractivity contribution in [1.29, 1.82) is 0 Å². The van der Waals surface area contributed by atoms with E-state index in [-0.39, 0.29) is 18.6 Å². The number of carbonyl (C=O) groups excluding carboxylic acids is 1. The number of esters is 1. The average Bonchev–Trinajstić information content (AvgIpc) is 3.28. The molecule has 184 valence electrons. The monoisotopic (exact) mass is 474 g/mol. The van der Waals surface area contributed by atoms with Gasteiger partial charge in [0.15, 0.2) is 5.82 Å². The number of hydrogen-bond donors (Lipinski definition) is 0. The summed E-state index contributed by atoms with van der Waals surface area (Å²) in [7, 11) is 0. The highest BCUT2D eigenvalue weighted by Gasteiger charge is 2.31. The number of carbonyl (C=O) groups is 1. The lowest BCUT2D eigenvalue weighted by molar-refractivity contribution is -0.155.